The molecule has 0 saturated carbocycles. The Labute approximate surface area is 181 Å². The lowest BCUT2D eigenvalue weighted by atomic mass is 10.00. The molecule has 31 heavy (non-hydrogen) atoms. The summed E-state index contributed by atoms with van der Waals surface area (Å²) in [5.74, 6) is 0. The molecule has 1 aromatic heterocycles. The van der Waals surface area contributed by atoms with Gasteiger partial charge in [0.25, 0.3) is 0 Å². The topological polar surface area (TPSA) is 76.7 Å². The Morgan fingerprint density at radius 2 is 1.68 bits per heavy atom. The summed E-state index contributed by atoms with van der Waals surface area (Å²) in [7, 11) is 0. The van der Waals surface area contributed by atoms with E-state index < -0.39 is 23.5 Å². The van der Waals surface area contributed by atoms with E-state index in [4.69, 9.17) is 4.74 Å². The minimum Gasteiger partial charge on any atom is -0.443 e. The highest BCUT2D eigenvalue weighted by Crippen LogP contribution is 2.20. The number of fused-ring (bicyclic) bond motifs is 2. The van der Waals surface area contributed by atoms with E-state index in [2.05, 4.69) is 23.1 Å². The number of carbonyl (C=O) groups excluding carboxylic acids is 1. The lowest BCUT2D eigenvalue weighted by Gasteiger charge is -2.30. The van der Waals surface area contributed by atoms with Gasteiger partial charge in [-0.3, -0.25) is 9.47 Å². The van der Waals surface area contributed by atoms with Crippen molar-refractivity contribution in [1.82, 2.24) is 14.0 Å². The Hall–Kier alpha value is -2.90. The second kappa shape index (κ2) is 8.32. The van der Waals surface area contributed by atoms with Gasteiger partial charge < -0.3 is 9.84 Å². The molecule has 7 nitrogen and oxygen atoms in total. The van der Waals surface area contributed by atoms with Crippen LogP contribution in [-0.2, 0) is 24.2 Å². The van der Waals surface area contributed by atoms with E-state index in [0.29, 0.717) is 17.6 Å². The number of ether oxygens (including phenoxy) is 1. The van der Waals surface area contributed by atoms with Crippen molar-refractivity contribution in [3.63, 3.8) is 0 Å². The number of para-hydroxylation sites is 2. The van der Waals surface area contributed by atoms with E-state index in [9.17, 15) is 14.7 Å². The molecular weight excluding hydrogens is 394 g/mol. The van der Waals surface area contributed by atoms with Gasteiger partial charge >= 0.3 is 11.8 Å². The van der Waals surface area contributed by atoms with Gasteiger partial charge in [-0.2, -0.15) is 4.57 Å². The summed E-state index contributed by atoms with van der Waals surface area (Å²) in [6, 6.07) is 15.4. The summed E-state index contributed by atoms with van der Waals surface area (Å²) in [5.41, 5.74) is 2.48. The summed E-state index contributed by atoms with van der Waals surface area (Å²) >= 11 is 0. The van der Waals surface area contributed by atoms with Gasteiger partial charge in [0, 0.05) is 19.6 Å². The summed E-state index contributed by atoms with van der Waals surface area (Å²) in [4.78, 5) is 28.0. The predicted molar refractivity (Wildman–Crippen MR) is 119 cm³/mol. The molecule has 7 heteroatoms. The maximum Gasteiger partial charge on any atom is 0.423 e. The molecule has 1 aliphatic rings. The fourth-order valence-corrected chi connectivity index (χ4v) is 4.15. The van der Waals surface area contributed by atoms with Gasteiger partial charge in [-0.25, -0.2) is 9.59 Å². The Morgan fingerprint density at radius 3 is 2.39 bits per heavy atom. The third-order valence-electron chi connectivity index (χ3n) is 5.48. The zero-order valence-electron chi connectivity index (χ0n) is 18.2. The highest BCUT2D eigenvalue weighted by Gasteiger charge is 2.25. The molecule has 1 atom stereocenters. The first kappa shape index (κ1) is 21.3. The Bertz CT molecular complexity index is 1160. The average Bonchev–Trinajstić information content (AvgIpc) is 2.98. The van der Waals surface area contributed by atoms with Crippen molar-refractivity contribution in [2.45, 2.75) is 52.0 Å². The van der Waals surface area contributed by atoms with E-state index in [0.717, 1.165) is 24.1 Å². The second-order valence-corrected chi connectivity index (χ2v) is 9.11. The van der Waals surface area contributed by atoms with Crippen molar-refractivity contribution >= 4 is 17.1 Å². The molecule has 2 aromatic carbocycles. The third-order valence-corrected chi connectivity index (χ3v) is 5.48. The van der Waals surface area contributed by atoms with E-state index in [-0.39, 0.29) is 6.54 Å². The maximum atomic E-state index is 13.1. The van der Waals surface area contributed by atoms with Gasteiger partial charge in [-0.15, -0.1) is 0 Å². The molecule has 1 N–H and O–H groups in total. The molecule has 1 aliphatic heterocycles. The number of nitrogens with zero attached hydrogens (tertiary/aromatic N) is 3. The molecule has 3 aromatic rings. The number of hydrogen-bond donors (Lipinski definition) is 1. The van der Waals surface area contributed by atoms with Crippen molar-refractivity contribution < 1.29 is 14.6 Å². The number of aliphatic hydroxyl groups is 1. The molecule has 164 valence electrons. The molecule has 0 amide bonds. The van der Waals surface area contributed by atoms with E-state index in [1.165, 1.54) is 15.7 Å². The lowest BCUT2D eigenvalue weighted by molar-refractivity contribution is 0.0533. The highest BCUT2D eigenvalue weighted by molar-refractivity contribution is 5.87. The first-order valence-corrected chi connectivity index (χ1v) is 10.6. The standard InChI is InChI=1S/C24H29N3O4/c1-24(2,3)31-23(30)27-21-11-7-6-10-20(21)26(22(27)29)16-19(28)15-25-13-12-17-8-4-5-9-18(17)14-25/h4-11,19,28H,12-16H2,1-3H3. The van der Waals surface area contributed by atoms with Gasteiger partial charge in [0.2, 0.25) is 0 Å². The zero-order valence-corrected chi connectivity index (χ0v) is 18.2. The number of rotatable bonds is 4. The predicted octanol–water partition coefficient (Wildman–Crippen LogP) is 3.01. The number of carbonyl (C=O) groups is 1. The Kier molecular flexibility index (Phi) is 5.73. The van der Waals surface area contributed by atoms with Crippen LogP contribution in [-0.4, -0.2) is 50.0 Å². The van der Waals surface area contributed by atoms with Crippen LogP contribution in [0.25, 0.3) is 11.0 Å². The van der Waals surface area contributed by atoms with Crippen molar-refractivity contribution in [3.8, 4) is 0 Å². The van der Waals surface area contributed by atoms with Crippen LogP contribution in [0.4, 0.5) is 4.79 Å². The largest absolute Gasteiger partial charge is 0.443 e. The fourth-order valence-electron chi connectivity index (χ4n) is 4.15. The SMILES string of the molecule is CC(C)(C)OC(=O)n1c(=O)n(CC(O)CN2CCc3ccccc3C2)c2ccccc21. The summed E-state index contributed by atoms with van der Waals surface area (Å²) in [6.07, 6.45) is -0.517. The monoisotopic (exact) mass is 423 g/mol. The third kappa shape index (κ3) is 4.57. The summed E-state index contributed by atoms with van der Waals surface area (Å²) in [6.45, 7) is 7.48. The number of β-amino-alcohol motifs (C(OH)–C–C–N with tert-alkyl or cyclic N) is 1. The minimum atomic E-state index is -0.749. The van der Waals surface area contributed by atoms with Crippen LogP contribution in [0.15, 0.2) is 53.3 Å². The number of benzene rings is 2. The van der Waals surface area contributed by atoms with Gasteiger partial charge in [0.05, 0.1) is 23.7 Å². The highest BCUT2D eigenvalue weighted by atomic mass is 16.6. The van der Waals surface area contributed by atoms with Gasteiger partial charge in [0.15, 0.2) is 0 Å². The van der Waals surface area contributed by atoms with E-state index >= 15 is 0 Å². The molecular formula is C24H29N3O4. The van der Waals surface area contributed by atoms with Crippen LogP contribution in [0.5, 0.6) is 0 Å². The van der Waals surface area contributed by atoms with E-state index in [1.54, 1.807) is 39.0 Å². The Morgan fingerprint density at radius 1 is 1.03 bits per heavy atom. The smallest absolute Gasteiger partial charge is 0.423 e. The number of imidazole rings is 1. The summed E-state index contributed by atoms with van der Waals surface area (Å²) in [5, 5.41) is 10.8. The molecule has 0 saturated heterocycles. The molecule has 0 bridgehead atoms. The van der Waals surface area contributed by atoms with Crippen LogP contribution < -0.4 is 5.69 Å². The van der Waals surface area contributed by atoms with Crippen LogP contribution in [0, 0.1) is 0 Å². The normalized spacial score (nSPS) is 15.6. The number of aliphatic hydroxyl groups excluding tert-OH is 1. The fraction of sp³-hybridized carbons (Fsp3) is 0.417. The molecule has 0 spiro atoms. The lowest BCUT2D eigenvalue weighted by Crippen LogP contribution is -2.40. The first-order chi connectivity index (χ1) is 14.7. The van der Waals surface area contributed by atoms with Crippen molar-refractivity contribution in [2.24, 2.45) is 0 Å². The minimum absolute atomic E-state index is 0.104. The Balaban J connectivity index is 1.55. The summed E-state index contributed by atoms with van der Waals surface area (Å²) < 4.78 is 7.93. The first-order valence-electron chi connectivity index (χ1n) is 10.6. The quantitative estimate of drug-likeness (QED) is 0.698. The molecule has 0 aliphatic carbocycles. The van der Waals surface area contributed by atoms with Crippen molar-refractivity contribution in [3.05, 3.63) is 70.1 Å². The second-order valence-electron chi connectivity index (χ2n) is 9.11. The van der Waals surface area contributed by atoms with Crippen LogP contribution in [0.1, 0.15) is 31.9 Å². The van der Waals surface area contributed by atoms with Gasteiger partial charge in [0.1, 0.15) is 5.60 Å². The average molecular weight is 424 g/mol. The number of aromatic nitrogens is 2. The van der Waals surface area contributed by atoms with Crippen LogP contribution >= 0.6 is 0 Å². The van der Waals surface area contributed by atoms with Crippen LogP contribution in [0.2, 0.25) is 0 Å². The van der Waals surface area contributed by atoms with Crippen molar-refractivity contribution in [1.29, 1.82) is 0 Å². The van der Waals surface area contributed by atoms with E-state index in [1.807, 2.05) is 12.1 Å². The number of hydrogen-bond acceptors (Lipinski definition) is 5. The molecule has 2 heterocycles. The molecule has 0 radical (unpaired) electrons. The van der Waals surface area contributed by atoms with Gasteiger partial charge in [-0.1, -0.05) is 36.4 Å². The van der Waals surface area contributed by atoms with Crippen molar-refractivity contribution in [2.75, 3.05) is 13.1 Å². The molecule has 0 fully saturated rings. The zero-order chi connectivity index (χ0) is 22.2. The van der Waals surface area contributed by atoms with Crippen LogP contribution in [0.3, 0.4) is 0 Å². The van der Waals surface area contributed by atoms with Gasteiger partial charge in [-0.05, 0) is 50.5 Å². The molecule has 4 rings (SSSR count). The molecule has 1 unspecified atom stereocenters. The maximum absolute atomic E-state index is 13.1.